The summed E-state index contributed by atoms with van der Waals surface area (Å²) in [5, 5.41) is 2.91. The van der Waals surface area contributed by atoms with E-state index in [4.69, 9.17) is 0 Å². The molecular formula is C24H25N3O2. The Hall–Kier alpha value is -3.47. The van der Waals surface area contributed by atoms with E-state index in [1.807, 2.05) is 72.8 Å². The fourth-order valence-electron chi connectivity index (χ4n) is 3.07. The number of carbonyl (C=O) groups is 2. The fraction of sp³-hybridized carbons (Fsp3) is 0.208. The van der Waals surface area contributed by atoms with Crippen LogP contribution in [0.15, 0.2) is 85.2 Å². The predicted octanol–water partition coefficient (Wildman–Crippen LogP) is 3.36. The van der Waals surface area contributed by atoms with Gasteiger partial charge in [-0.2, -0.15) is 0 Å². The number of pyridine rings is 1. The number of rotatable bonds is 8. The van der Waals surface area contributed by atoms with Crippen LogP contribution in [0.2, 0.25) is 0 Å². The molecule has 29 heavy (non-hydrogen) atoms. The average molecular weight is 387 g/mol. The number of hydrogen-bond donors (Lipinski definition) is 1. The molecule has 3 aromatic rings. The van der Waals surface area contributed by atoms with E-state index >= 15 is 0 Å². The minimum absolute atomic E-state index is 0.0796. The molecule has 0 saturated heterocycles. The Morgan fingerprint density at radius 2 is 1.52 bits per heavy atom. The third-order valence-corrected chi connectivity index (χ3v) is 4.75. The summed E-state index contributed by atoms with van der Waals surface area (Å²) < 4.78 is 0. The average Bonchev–Trinajstić information content (AvgIpc) is 2.77. The lowest BCUT2D eigenvalue weighted by Gasteiger charge is -2.29. The van der Waals surface area contributed by atoms with Crippen molar-refractivity contribution >= 4 is 11.8 Å². The Balaban J connectivity index is 1.71. The third-order valence-electron chi connectivity index (χ3n) is 4.75. The first kappa shape index (κ1) is 20.3. The summed E-state index contributed by atoms with van der Waals surface area (Å²) in [6.45, 7) is 2.53. The summed E-state index contributed by atoms with van der Waals surface area (Å²) in [5.41, 5.74) is 2.83. The highest BCUT2D eigenvalue weighted by Crippen LogP contribution is 2.12. The van der Waals surface area contributed by atoms with Crippen LogP contribution in [0.4, 0.5) is 0 Å². The molecule has 0 saturated carbocycles. The van der Waals surface area contributed by atoms with Crippen molar-refractivity contribution < 1.29 is 9.59 Å². The maximum absolute atomic E-state index is 13.1. The molecule has 0 aliphatic heterocycles. The molecule has 1 heterocycles. The van der Waals surface area contributed by atoms with E-state index in [9.17, 15) is 9.59 Å². The minimum Gasteiger partial charge on any atom is -0.350 e. The van der Waals surface area contributed by atoms with Crippen LogP contribution in [-0.4, -0.2) is 27.7 Å². The second kappa shape index (κ2) is 10.2. The van der Waals surface area contributed by atoms with E-state index in [2.05, 4.69) is 10.3 Å². The number of amides is 2. The zero-order valence-electron chi connectivity index (χ0n) is 16.5. The Kier molecular flexibility index (Phi) is 7.11. The molecule has 0 fully saturated rings. The number of hydrogen-bond acceptors (Lipinski definition) is 3. The number of benzene rings is 2. The smallest absolute Gasteiger partial charge is 0.242 e. The molecule has 0 bridgehead atoms. The lowest BCUT2D eigenvalue weighted by Crippen LogP contribution is -2.48. The molecule has 0 aliphatic carbocycles. The van der Waals surface area contributed by atoms with Crippen molar-refractivity contribution in [2.24, 2.45) is 0 Å². The molecule has 0 aliphatic rings. The molecular weight excluding hydrogens is 362 g/mol. The molecule has 0 unspecified atom stereocenters. The van der Waals surface area contributed by atoms with Gasteiger partial charge in [0.25, 0.3) is 0 Å². The molecule has 0 spiro atoms. The van der Waals surface area contributed by atoms with Gasteiger partial charge in [-0.15, -0.1) is 0 Å². The second-order valence-electron chi connectivity index (χ2n) is 6.92. The van der Waals surface area contributed by atoms with Crippen LogP contribution in [-0.2, 0) is 29.1 Å². The zero-order chi connectivity index (χ0) is 20.5. The second-order valence-corrected chi connectivity index (χ2v) is 6.92. The maximum atomic E-state index is 13.1. The summed E-state index contributed by atoms with van der Waals surface area (Å²) in [6.07, 6.45) is 3.67. The fourth-order valence-corrected chi connectivity index (χ4v) is 3.07. The molecule has 5 heteroatoms. The van der Waals surface area contributed by atoms with Crippen molar-refractivity contribution in [2.75, 3.05) is 0 Å². The molecule has 148 valence electrons. The van der Waals surface area contributed by atoms with Gasteiger partial charge < -0.3 is 10.2 Å². The Morgan fingerprint density at radius 3 is 2.14 bits per heavy atom. The van der Waals surface area contributed by atoms with Gasteiger partial charge in [0.15, 0.2) is 0 Å². The van der Waals surface area contributed by atoms with Crippen molar-refractivity contribution in [3.63, 3.8) is 0 Å². The number of nitrogens with zero attached hydrogens (tertiary/aromatic N) is 2. The third kappa shape index (κ3) is 6.01. The number of aromatic nitrogens is 1. The van der Waals surface area contributed by atoms with Crippen molar-refractivity contribution in [2.45, 2.75) is 32.5 Å². The highest BCUT2D eigenvalue weighted by molar-refractivity contribution is 5.88. The summed E-state index contributed by atoms with van der Waals surface area (Å²) in [4.78, 5) is 31.6. The van der Waals surface area contributed by atoms with Gasteiger partial charge in [0.1, 0.15) is 6.04 Å². The van der Waals surface area contributed by atoms with Crippen LogP contribution in [0, 0.1) is 0 Å². The number of nitrogens with one attached hydrogen (secondary N) is 1. The monoisotopic (exact) mass is 387 g/mol. The Labute approximate surface area is 171 Å². The van der Waals surface area contributed by atoms with Crippen LogP contribution in [0.1, 0.15) is 23.6 Å². The predicted molar refractivity (Wildman–Crippen MR) is 113 cm³/mol. The van der Waals surface area contributed by atoms with Crippen molar-refractivity contribution in [1.82, 2.24) is 15.2 Å². The molecule has 1 N–H and O–H groups in total. The first-order valence-corrected chi connectivity index (χ1v) is 9.67. The lowest BCUT2D eigenvalue weighted by molar-refractivity contribution is -0.140. The molecule has 2 amide bonds. The summed E-state index contributed by atoms with van der Waals surface area (Å²) in [5.74, 6) is -0.268. The topological polar surface area (TPSA) is 62.3 Å². The molecule has 1 aromatic heterocycles. The number of carbonyl (C=O) groups excluding carboxylic acids is 2. The van der Waals surface area contributed by atoms with Gasteiger partial charge in [0, 0.05) is 25.5 Å². The van der Waals surface area contributed by atoms with E-state index in [0.29, 0.717) is 13.1 Å². The van der Waals surface area contributed by atoms with Crippen LogP contribution < -0.4 is 5.32 Å². The Bertz CT molecular complexity index is 915. The van der Waals surface area contributed by atoms with E-state index in [1.54, 1.807) is 24.2 Å². The quantitative estimate of drug-likeness (QED) is 0.645. The molecule has 3 rings (SSSR count). The molecule has 5 nitrogen and oxygen atoms in total. The van der Waals surface area contributed by atoms with Crippen LogP contribution in [0.3, 0.4) is 0 Å². The van der Waals surface area contributed by atoms with E-state index in [0.717, 1.165) is 16.7 Å². The first-order chi connectivity index (χ1) is 14.1. The summed E-state index contributed by atoms with van der Waals surface area (Å²) >= 11 is 0. The molecule has 2 aromatic carbocycles. The zero-order valence-corrected chi connectivity index (χ0v) is 16.5. The normalized spacial score (nSPS) is 11.5. The molecule has 1 atom stereocenters. The largest absolute Gasteiger partial charge is 0.350 e. The first-order valence-electron chi connectivity index (χ1n) is 9.67. The van der Waals surface area contributed by atoms with Crippen LogP contribution in [0.5, 0.6) is 0 Å². The van der Waals surface area contributed by atoms with Crippen molar-refractivity contribution in [3.8, 4) is 0 Å². The SMILES string of the molecule is C[C@@H](C(=O)NCc1cccnc1)N(Cc1ccccc1)C(=O)Cc1ccccc1. The van der Waals surface area contributed by atoms with Crippen LogP contribution >= 0.6 is 0 Å². The minimum atomic E-state index is -0.594. The highest BCUT2D eigenvalue weighted by atomic mass is 16.2. The van der Waals surface area contributed by atoms with Gasteiger partial charge >= 0.3 is 0 Å². The van der Waals surface area contributed by atoms with Gasteiger partial charge in [-0.1, -0.05) is 66.7 Å². The summed E-state index contributed by atoms with van der Waals surface area (Å²) in [6, 6.07) is 22.4. The van der Waals surface area contributed by atoms with Gasteiger partial charge in [0.2, 0.25) is 11.8 Å². The highest BCUT2D eigenvalue weighted by Gasteiger charge is 2.26. The maximum Gasteiger partial charge on any atom is 0.242 e. The van der Waals surface area contributed by atoms with Gasteiger partial charge in [0.05, 0.1) is 6.42 Å². The molecule has 0 radical (unpaired) electrons. The van der Waals surface area contributed by atoms with E-state index < -0.39 is 6.04 Å². The van der Waals surface area contributed by atoms with Crippen molar-refractivity contribution in [1.29, 1.82) is 0 Å². The lowest BCUT2D eigenvalue weighted by atomic mass is 10.1. The van der Waals surface area contributed by atoms with Gasteiger partial charge in [-0.3, -0.25) is 14.6 Å². The van der Waals surface area contributed by atoms with E-state index in [-0.39, 0.29) is 18.2 Å². The van der Waals surface area contributed by atoms with Crippen LogP contribution in [0.25, 0.3) is 0 Å². The standard InChI is InChI=1S/C24H25N3O2/c1-19(24(29)26-17-22-13-8-14-25-16-22)27(18-21-11-6-3-7-12-21)23(28)15-20-9-4-2-5-10-20/h2-14,16,19H,15,17-18H2,1H3,(H,26,29)/t19-/m0/s1. The Morgan fingerprint density at radius 1 is 0.897 bits per heavy atom. The summed E-state index contributed by atoms with van der Waals surface area (Å²) in [7, 11) is 0. The van der Waals surface area contributed by atoms with Crippen molar-refractivity contribution in [3.05, 3.63) is 102 Å². The van der Waals surface area contributed by atoms with E-state index in [1.165, 1.54) is 0 Å². The van der Waals surface area contributed by atoms with Gasteiger partial charge in [-0.05, 0) is 29.7 Å². The van der Waals surface area contributed by atoms with Gasteiger partial charge in [-0.25, -0.2) is 0 Å².